The second kappa shape index (κ2) is 6.41. The van der Waals surface area contributed by atoms with Gasteiger partial charge in [0.1, 0.15) is 0 Å². The van der Waals surface area contributed by atoms with Crippen LogP contribution in [0, 0.1) is 0 Å². The molecule has 1 amide bonds. The van der Waals surface area contributed by atoms with Gasteiger partial charge in [-0.05, 0) is 42.8 Å². The summed E-state index contributed by atoms with van der Waals surface area (Å²) < 4.78 is 1.72. The van der Waals surface area contributed by atoms with Crippen molar-refractivity contribution in [3.05, 3.63) is 62.5 Å². The van der Waals surface area contributed by atoms with Gasteiger partial charge in [0.25, 0.3) is 5.91 Å². The van der Waals surface area contributed by atoms with E-state index >= 15 is 0 Å². The van der Waals surface area contributed by atoms with Crippen molar-refractivity contribution in [2.45, 2.75) is 13.0 Å². The number of carbonyl (C=O) groups excluding carboxylic acids is 1. The summed E-state index contributed by atoms with van der Waals surface area (Å²) in [4.78, 5) is 12.2. The number of benzene rings is 2. The minimum absolute atomic E-state index is 0.0825. The lowest BCUT2D eigenvalue weighted by atomic mass is 10.1. The summed E-state index contributed by atoms with van der Waals surface area (Å²) in [6.45, 7) is 1.94. The van der Waals surface area contributed by atoms with Gasteiger partial charge in [-0.15, -0.1) is 0 Å². The number of rotatable bonds is 3. The minimum Gasteiger partial charge on any atom is -0.399 e. The summed E-state index contributed by atoms with van der Waals surface area (Å²) in [7, 11) is 0. The normalized spacial score (nSPS) is 11.9. The summed E-state index contributed by atoms with van der Waals surface area (Å²) in [6, 6.07) is 12.9. The summed E-state index contributed by atoms with van der Waals surface area (Å²) in [6.07, 6.45) is 0. The van der Waals surface area contributed by atoms with Gasteiger partial charge in [0.15, 0.2) is 0 Å². The molecule has 104 valence electrons. The minimum atomic E-state index is -0.115. The molecule has 0 aliphatic heterocycles. The van der Waals surface area contributed by atoms with Gasteiger partial charge in [0, 0.05) is 20.2 Å². The van der Waals surface area contributed by atoms with Crippen LogP contribution < -0.4 is 11.1 Å². The maximum atomic E-state index is 12.2. The highest BCUT2D eigenvalue weighted by molar-refractivity contribution is 9.11. The smallest absolute Gasteiger partial charge is 0.251 e. The number of nitrogens with two attached hydrogens (primary N) is 1. The fourth-order valence-electron chi connectivity index (χ4n) is 1.83. The molecule has 0 saturated carbocycles. The average Bonchev–Trinajstić information content (AvgIpc) is 2.38. The molecule has 0 fully saturated rings. The molecule has 20 heavy (non-hydrogen) atoms. The zero-order valence-corrected chi connectivity index (χ0v) is 14.0. The van der Waals surface area contributed by atoms with Crippen molar-refractivity contribution in [2.75, 3.05) is 5.73 Å². The van der Waals surface area contributed by atoms with Crippen LogP contribution in [0.2, 0.25) is 0 Å². The fourth-order valence-corrected chi connectivity index (χ4v) is 3.13. The molecule has 3 nitrogen and oxygen atoms in total. The summed E-state index contributed by atoms with van der Waals surface area (Å²) in [5, 5.41) is 2.96. The van der Waals surface area contributed by atoms with Crippen LogP contribution >= 0.6 is 31.9 Å². The Morgan fingerprint density at radius 3 is 2.20 bits per heavy atom. The van der Waals surface area contributed by atoms with E-state index in [1.165, 1.54) is 0 Å². The summed E-state index contributed by atoms with van der Waals surface area (Å²) in [5.74, 6) is -0.115. The monoisotopic (exact) mass is 396 g/mol. The first kappa shape index (κ1) is 15.1. The van der Waals surface area contributed by atoms with Gasteiger partial charge in [-0.3, -0.25) is 4.79 Å². The maximum absolute atomic E-state index is 12.2. The van der Waals surface area contributed by atoms with Crippen LogP contribution in [0.1, 0.15) is 28.9 Å². The quantitative estimate of drug-likeness (QED) is 0.759. The maximum Gasteiger partial charge on any atom is 0.251 e. The molecule has 2 aromatic carbocycles. The largest absolute Gasteiger partial charge is 0.399 e. The van der Waals surface area contributed by atoms with E-state index in [0.717, 1.165) is 14.5 Å². The van der Waals surface area contributed by atoms with Crippen molar-refractivity contribution < 1.29 is 4.79 Å². The highest BCUT2D eigenvalue weighted by atomic mass is 79.9. The molecular formula is C15H14Br2N2O. The zero-order valence-electron chi connectivity index (χ0n) is 10.9. The number of nitrogens with one attached hydrogen (secondary N) is 1. The molecule has 0 radical (unpaired) electrons. The Kier molecular flexibility index (Phi) is 4.83. The number of carbonyl (C=O) groups is 1. The molecule has 2 rings (SSSR count). The van der Waals surface area contributed by atoms with Gasteiger partial charge in [-0.25, -0.2) is 0 Å². The zero-order chi connectivity index (χ0) is 14.7. The molecule has 1 unspecified atom stereocenters. The van der Waals surface area contributed by atoms with Crippen LogP contribution in [0.15, 0.2) is 51.4 Å². The van der Waals surface area contributed by atoms with E-state index in [4.69, 9.17) is 5.73 Å². The molecule has 3 N–H and O–H groups in total. The lowest BCUT2D eigenvalue weighted by molar-refractivity contribution is 0.0940. The van der Waals surface area contributed by atoms with Gasteiger partial charge in [0.2, 0.25) is 0 Å². The number of hydrogen-bond acceptors (Lipinski definition) is 2. The van der Waals surface area contributed by atoms with Crippen LogP contribution in [0.25, 0.3) is 0 Å². The molecule has 0 aromatic heterocycles. The third-order valence-electron chi connectivity index (χ3n) is 2.91. The highest BCUT2D eigenvalue weighted by Crippen LogP contribution is 2.21. The van der Waals surface area contributed by atoms with E-state index in [9.17, 15) is 4.79 Å². The number of anilines is 1. The Morgan fingerprint density at radius 1 is 1.10 bits per heavy atom. The van der Waals surface area contributed by atoms with Gasteiger partial charge in [0.05, 0.1) is 6.04 Å². The van der Waals surface area contributed by atoms with Gasteiger partial charge < -0.3 is 11.1 Å². The lowest BCUT2D eigenvalue weighted by Crippen LogP contribution is -2.26. The van der Waals surface area contributed by atoms with Crippen molar-refractivity contribution in [1.82, 2.24) is 5.32 Å². The molecule has 0 bridgehead atoms. The van der Waals surface area contributed by atoms with E-state index in [2.05, 4.69) is 37.2 Å². The Balaban J connectivity index is 2.12. The number of halogens is 2. The van der Waals surface area contributed by atoms with Crippen molar-refractivity contribution >= 4 is 43.5 Å². The van der Waals surface area contributed by atoms with Crippen molar-refractivity contribution in [3.8, 4) is 0 Å². The summed E-state index contributed by atoms with van der Waals surface area (Å²) in [5.41, 5.74) is 7.99. The second-order valence-corrected chi connectivity index (χ2v) is 6.35. The van der Waals surface area contributed by atoms with Crippen LogP contribution in [0.3, 0.4) is 0 Å². The topological polar surface area (TPSA) is 55.1 Å². The lowest BCUT2D eigenvalue weighted by Gasteiger charge is -2.15. The number of nitrogen functional groups attached to an aromatic ring is 1. The molecular weight excluding hydrogens is 384 g/mol. The number of hydrogen-bond donors (Lipinski definition) is 2. The first-order chi connectivity index (χ1) is 9.45. The molecule has 5 heteroatoms. The van der Waals surface area contributed by atoms with E-state index in [0.29, 0.717) is 11.3 Å². The van der Waals surface area contributed by atoms with E-state index < -0.39 is 0 Å². The molecule has 0 aliphatic rings. The van der Waals surface area contributed by atoms with Crippen LogP contribution in [0.4, 0.5) is 5.69 Å². The average molecular weight is 398 g/mol. The molecule has 1 atom stereocenters. The standard InChI is InChI=1S/C15H14Br2N2O/c1-9(10-2-4-14(18)5-3-10)19-15(20)11-6-12(16)8-13(17)7-11/h2-9H,18H2,1H3,(H,19,20). The van der Waals surface area contributed by atoms with Crippen LogP contribution in [-0.2, 0) is 0 Å². The van der Waals surface area contributed by atoms with E-state index in [1.807, 2.05) is 37.3 Å². The van der Waals surface area contributed by atoms with Crippen molar-refractivity contribution in [1.29, 1.82) is 0 Å². The first-order valence-corrected chi connectivity index (χ1v) is 7.66. The van der Waals surface area contributed by atoms with Gasteiger partial charge in [-0.2, -0.15) is 0 Å². The molecule has 0 aliphatic carbocycles. The molecule has 0 spiro atoms. The van der Waals surface area contributed by atoms with Gasteiger partial charge >= 0.3 is 0 Å². The highest BCUT2D eigenvalue weighted by Gasteiger charge is 2.12. The fraction of sp³-hybridized carbons (Fsp3) is 0.133. The molecule has 0 saturated heterocycles. The third-order valence-corrected chi connectivity index (χ3v) is 3.82. The predicted octanol–water partition coefficient (Wildman–Crippen LogP) is 4.28. The molecule has 0 heterocycles. The predicted molar refractivity (Wildman–Crippen MR) is 88.6 cm³/mol. The Morgan fingerprint density at radius 2 is 1.65 bits per heavy atom. The van der Waals surface area contributed by atoms with Crippen molar-refractivity contribution in [3.63, 3.8) is 0 Å². The Hall–Kier alpha value is -1.33. The molecule has 2 aromatic rings. The van der Waals surface area contributed by atoms with E-state index in [-0.39, 0.29) is 11.9 Å². The van der Waals surface area contributed by atoms with Crippen molar-refractivity contribution in [2.24, 2.45) is 0 Å². The van der Waals surface area contributed by atoms with E-state index in [1.54, 1.807) is 12.1 Å². The third kappa shape index (κ3) is 3.84. The van der Waals surface area contributed by atoms with Crippen LogP contribution in [-0.4, -0.2) is 5.91 Å². The van der Waals surface area contributed by atoms with Gasteiger partial charge in [-0.1, -0.05) is 44.0 Å². The summed E-state index contributed by atoms with van der Waals surface area (Å²) >= 11 is 6.75. The Labute approximate surface area is 134 Å². The second-order valence-electron chi connectivity index (χ2n) is 4.52. The SMILES string of the molecule is CC(NC(=O)c1cc(Br)cc(Br)c1)c1ccc(N)cc1. The Bertz CT molecular complexity index is 606. The van der Waals surface area contributed by atoms with Crippen LogP contribution in [0.5, 0.6) is 0 Å². The first-order valence-electron chi connectivity index (χ1n) is 6.08. The number of amides is 1.